The number of nitrogens with two attached hydrogens (primary N) is 1. The highest BCUT2D eigenvalue weighted by molar-refractivity contribution is 5.85. The molecule has 3 heteroatoms. The number of hydrogen-bond donors (Lipinski definition) is 1. The van der Waals surface area contributed by atoms with E-state index in [1.165, 1.54) is 5.56 Å². The predicted octanol–water partition coefficient (Wildman–Crippen LogP) is 2.40. The van der Waals surface area contributed by atoms with Gasteiger partial charge in [-0.2, -0.15) is 0 Å². The van der Waals surface area contributed by atoms with Crippen LogP contribution in [-0.4, -0.2) is 12.6 Å². The van der Waals surface area contributed by atoms with Gasteiger partial charge in [0.25, 0.3) is 0 Å². The first-order chi connectivity index (χ1) is 7.22. The predicted molar refractivity (Wildman–Crippen MR) is 70.0 cm³/mol. The van der Waals surface area contributed by atoms with Crippen molar-refractivity contribution in [3.8, 4) is 18.1 Å². The lowest BCUT2D eigenvalue weighted by molar-refractivity contribution is 0.327. The van der Waals surface area contributed by atoms with Gasteiger partial charge in [-0.05, 0) is 31.0 Å². The van der Waals surface area contributed by atoms with Gasteiger partial charge in [0.1, 0.15) is 5.75 Å². The number of halogens is 1. The highest BCUT2D eigenvalue weighted by Gasteiger charge is 1.98. The third kappa shape index (κ3) is 5.65. The summed E-state index contributed by atoms with van der Waals surface area (Å²) in [5.74, 6) is 3.39. The van der Waals surface area contributed by atoms with Gasteiger partial charge >= 0.3 is 0 Å². The van der Waals surface area contributed by atoms with E-state index < -0.39 is 0 Å². The van der Waals surface area contributed by atoms with Gasteiger partial charge in [-0.3, -0.25) is 0 Å². The molecule has 0 aliphatic heterocycles. The molecule has 0 fully saturated rings. The van der Waals surface area contributed by atoms with Crippen LogP contribution in [0.5, 0.6) is 5.75 Å². The van der Waals surface area contributed by atoms with Gasteiger partial charge < -0.3 is 10.5 Å². The lowest BCUT2D eigenvalue weighted by Gasteiger charge is -2.07. The molecule has 1 rings (SSSR count). The van der Waals surface area contributed by atoms with Gasteiger partial charge in [0.15, 0.2) is 0 Å². The number of hydrogen-bond acceptors (Lipinski definition) is 2. The molecule has 1 aromatic rings. The summed E-state index contributed by atoms with van der Waals surface area (Å²) in [5.41, 5.74) is 6.94. The topological polar surface area (TPSA) is 35.2 Å². The molecule has 1 atom stereocenters. The third-order valence-corrected chi connectivity index (χ3v) is 2.00. The molecule has 0 heterocycles. The summed E-state index contributed by atoms with van der Waals surface area (Å²) in [7, 11) is 0. The van der Waals surface area contributed by atoms with Crippen molar-refractivity contribution >= 4 is 12.4 Å². The Morgan fingerprint density at radius 3 is 2.50 bits per heavy atom. The van der Waals surface area contributed by atoms with Crippen molar-refractivity contribution in [1.82, 2.24) is 0 Å². The van der Waals surface area contributed by atoms with Gasteiger partial charge in [0, 0.05) is 12.5 Å². The van der Waals surface area contributed by atoms with Crippen molar-refractivity contribution in [2.45, 2.75) is 25.8 Å². The van der Waals surface area contributed by atoms with Gasteiger partial charge in [-0.1, -0.05) is 12.1 Å². The Bertz CT molecular complexity index is 327. The molecule has 88 valence electrons. The largest absolute Gasteiger partial charge is 0.493 e. The van der Waals surface area contributed by atoms with Crippen LogP contribution in [0.3, 0.4) is 0 Å². The molecule has 0 radical (unpaired) electrons. The fourth-order valence-electron chi connectivity index (χ4n) is 1.32. The van der Waals surface area contributed by atoms with E-state index in [0.29, 0.717) is 13.0 Å². The van der Waals surface area contributed by atoms with Crippen molar-refractivity contribution < 1.29 is 4.74 Å². The fraction of sp³-hybridized carbons (Fsp3) is 0.385. The first-order valence-corrected chi connectivity index (χ1v) is 5.13. The zero-order chi connectivity index (χ0) is 11.1. The van der Waals surface area contributed by atoms with E-state index >= 15 is 0 Å². The first kappa shape index (κ1) is 14.8. The number of benzene rings is 1. The summed E-state index contributed by atoms with van der Waals surface area (Å²) in [6.45, 7) is 2.57. The molecular formula is C13H18ClNO. The maximum absolute atomic E-state index is 5.71. The second-order valence-corrected chi connectivity index (χ2v) is 3.63. The zero-order valence-corrected chi connectivity index (χ0v) is 10.3. The monoisotopic (exact) mass is 239 g/mol. The summed E-state index contributed by atoms with van der Waals surface area (Å²) in [6.07, 6.45) is 6.66. The first-order valence-electron chi connectivity index (χ1n) is 5.13. The van der Waals surface area contributed by atoms with E-state index in [0.717, 1.165) is 12.2 Å². The highest BCUT2D eigenvalue weighted by Crippen LogP contribution is 2.13. The summed E-state index contributed by atoms with van der Waals surface area (Å²) in [5, 5.41) is 0. The van der Waals surface area contributed by atoms with E-state index in [1.54, 1.807) is 0 Å². The summed E-state index contributed by atoms with van der Waals surface area (Å²) < 4.78 is 5.43. The van der Waals surface area contributed by atoms with E-state index in [-0.39, 0.29) is 18.4 Å². The van der Waals surface area contributed by atoms with E-state index in [2.05, 4.69) is 5.92 Å². The molecule has 0 aliphatic carbocycles. The molecule has 0 aromatic heterocycles. The fourth-order valence-corrected chi connectivity index (χ4v) is 1.32. The van der Waals surface area contributed by atoms with Gasteiger partial charge in [0.2, 0.25) is 0 Å². The Kier molecular flexibility index (Phi) is 7.45. The van der Waals surface area contributed by atoms with E-state index in [1.807, 2.05) is 31.2 Å². The molecule has 2 N–H and O–H groups in total. The quantitative estimate of drug-likeness (QED) is 0.633. The highest BCUT2D eigenvalue weighted by atomic mass is 35.5. The molecule has 1 aromatic carbocycles. The van der Waals surface area contributed by atoms with Crippen LogP contribution in [0, 0.1) is 12.3 Å². The Hall–Kier alpha value is -1.17. The molecule has 16 heavy (non-hydrogen) atoms. The van der Waals surface area contributed by atoms with Crippen LogP contribution in [0.25, 0.3) is 0 Å². The molecule has 0 bridgehead atoms. The average molecular weight is 240 g/mol. The van der Waals surface area contributed by atoms with E-state index in [4.69, 9.17) is 16.9 Å². The molecule has 0 amide bonds. The summed E-state index contributed by atoms with van der Waals surface area (Å²) in [4.78, 5) is 0. The Morgan fingerprint density at radius 1 is 1.38 bits per heavy atom. The number of ether oxygens (including phenoxy) is 1. The van der Waals surface area contributed by atoms with Crippen LogP contribution in [0.15, 0.2) is 24.3 Å². The van der Waals surface area contributed by atoms with E-state index in [9.17, 15) is 0 Å². The lowest BCUT2D eigenvalue weighted by Crippen LogP contribution is -2.17. The molecule has 0 saturated heterocycles. The smallest absolute Gasteiger partial charge is 0.119 e. The van der Waals surface area contributed by atoms with Gasteiger partial charge in [-0.25, -0.2) is 0 Å². The second kappa shape index (κ2) is 8.04. The number of rotatable bonds is 5. The Balaban J connectivity index is 0.00000225. The molecule has 0 aliphatic rings. The van der Waals surface area contributed by atoms with Crippen molar-refractivity contribution in [3.05, 3.63) is 29.8 Å². The van der Waals surface area contributed by atoms with Crippen LogP contribution >= 0.6 is 12.4 Å². The third-order valence-electron chi connectivity index (χ3n) is 2.00. The van der Waals surface area contributed by atoms with Crippen molar-refractivity contribution in [3.63, 3.8) is 0 Å². The summed E-state index contributed by atoms with van der Waals surface area (Å²) >= 11 is 0. The molecule has 0 saturated carbocycles. The van der Waals surface area contributed by atoms with Crippen molar-refractivity contribution in [1.29, 1.82) is 0 Å². The van der Waals surface area contributed by atoms with Crippen LogP contribution < -0.4 is 10.5 Å². The second-order valence-electron chi connectivity index (χ2n) is 3.63. The van der Waals surface area contributed by atoms with Gasteiger partial charge in [-0.15, -0.1) is 24.8 Å². The standard InChI is InChI=1S/C13H17NO.ClH/c1-3-4-9-15-13-7-5-12(6-8-13)10-11(2)14;/h1,5-8,11H,4,9-10,14H2,2H3;1H. The minimum atomic E-state index is 0. The van der Waals surface area contributed by atoms with Crippen LogP contribution in [0.4, 0.5) is 0 Å². The van der Waals surface area contributed by atoms with Crippen molar-refractivity contribution in [2.75, 3.05) is 6.61 Å². The maximum Gasteiger partial charge on any atom is 0.119 e. The van der Waals surface area contributed by atoms with Crippen LogP contribution in [0.1, 0.15) is 18.9 Å². The maximum atomic E-state index is 5.71. The lowest BCUT2D eigenvalue weighted by atomic mass is 10.1. The number of terminal acetylenes is 1. The Morgan fingerprint density at radius 2 is 2.00 bits per heavy atom. The SMILES string of the molecule is C#CCCOc1ccc(CC(C)N)cc1.Cl. The molecule has 0 spiro atoms. The van der Waals surface area contributed by atoms with Crippen molar-refractivity contribution in [2.24, 2.45) is 5.73 Å². The average Bonchev–Trinajstić information content (AvgIpc) is 2.20. The minimum absolute atomic E-state index is 0. The van der Waals surface area contributed by atoms with Crippen LogP contribution in [0.2, 0.25) is 0 Å². The van der Waals surface area contributed by atoms with Crippen LogP contribution in [-0.2, 0) is 6.42 Å². The minimum Gasteiger partial charge on any atom is -0.493 e. The Labute approximate surface area is 104 Å². The molecule has 1 unspecified atom stereocenters. The van der Waals surface area contributed by atoms with Gasteiger partial charge in [0.05, 0.1) is 6.61 Å². The zero-order valence-electron chi connectivity index (χ0n) is 9.48. The normalized spacial score (nSPS) is 11.1. The molecule has 2 nitrogen and oxygen atoms in total. The summed E-state index contributed by atoms with van der Waals surface area (Å²) in [6, 6.07) is 8.17. The molecular weight excluding hydrogens is 222 g/mol.